The quantitative estimate of drug-likeness (QED) is 0.117. The Morgan fingerprint density at radius 1 is 0.617 bits per heavy atom. The number of rotatable bonds is 8. The van der Waals surface area contributed by atoms with Crippen LogP contribution in [0.15, 0.2) is 126 Å². The minimum absolute atomic E-state index is 0.134. The van der Waals surface area contributed by atoms with E-state index in [9.17, 15) is 23.4 Å². The molecule has 1 aliphatic rings. The second-order valence-electron chi connectivity index (χ2n) is 12.3. The first-order valence-electron chi connectivity index (χ1n) is 15.0. The van der Waals surface area contributed by atoms with Gasteiger partial charge >= 0.3 is 10.1 Å². The summed E-state index contributed by atoms with van der Waals surface area (Å²) in [4.78, 5) is 12.3. The number of allylic oxidation sites excluding steroid dienone is 1. The van der Waals surface area contributed by atoms with Gasteiger partial charge in [0.1, 0.15) is 27.9 Å². The predicted octanol–water partition coefficient (Wildman–Crippen LogP) is 7.77. The van der Waals surface area contributed by atoms with Crippen molar-refractivity contribution in [1.29, 1.82) is 5.41 Å². The van der Waals surface area contributed by atoms with Crippen molar-refractivity contribution >= 4 is 27.7 Å². The fourth-order valence-corrected chi connectivity index (χ4v) is 7.24. The van der Waals surface area contributed by atoms with Crippen LogP contribution >= 0.6 is 0 Å². The molecule has 5 aromatic carbocycles. The zero-order valence-corrected chi connectivity index (χ0v) is 26.9. The highest BCUT2D eigenvalue weighted by Crippen LogP contribution is 2.41. The summed E-state index contributed by atoms with van der Waals surface area (Å²) >= 11 is 0. The van der Waals surface area contributed by atoms with Crippen molar-refractivity contribution in [3.05, 3.63) is 160 Å². The van der Waals surface area contributed by atoms with Crippen molar-refractivity contribution in [1.82, 2.24) is 0 Å². The van der Waals surface area contributed by atoms with E-state index in [2.05, 4.69) is 45.0 Å². The Morgan fingerprint density at radius 3 is 1.57 bits per heavy atom. The highest BCUT2D eigenvalue weighted by molar-refractivity contribution is 7.87. The molecule has 0 bridgehead atoms. The lowest BCUT2D eigenvalue weighted by atomic mass is 9.70. The van der Waals surface area contributed by atoms with Crippen LogP contribution in [0.25, 0.3) is 6.08 Å². The standard InChI is InChI=1S/C39H33NO6S/c1-38(2,25-7-9-27(10-8-25)39(3,28-11-17-30(41)18-12-28)29-13-19-31(42)20-14-29)26-15-21-32(22-16-26)46-47(44,45)36-6-4-5-34-33(36)23-24-35(40)37(34)43/h4-24,40-42H,1-3H3. The summed E-state index contributed by atoms with van der Waals surface area (Å²) in [5, 5.41) is 27.6. The Balaban J connectivity index is 1.27. The van der Waals surface area contributed by atoms with Gasteiger partial charge in [0.2, 0.25) is 5.78 Å². The number of hydrogen-bond donors (Lipinski definition) is 3. The van der Waals surface area contributed by atoms with E-state index in [1.165, 1.54) is 30.4 Å². The third-order valence-electron chi connectivity index (χ3n) is 9.10. The van der Waals surface area contributed by atoms with Gasteiger partial charge in [0.25, 0.3) is 0 Å². The summed E-state index contributed by atoms with van der Waals surface area (Å²) in [7, 11) is -4.27. The number of carbonyl (C=O) groups excluding carboxylic acids is 1. The fraction of sp³-hybridized carbons (Fsp3) is 0.128. The number of hydrogen-bond acceptors (Lipinski definition) is 7. The lowest BCUT2D eigenvalue weighted by molar-refractivity contribution is 0.106. The van der Waals surface area contributed by atoms with Gasteiger partial charge in [-0.15, -0.1) is 0 Å². The molecule has 0 heterocycles. The number of phenols is 2. The molecule has 5 aromatic rings. The van der Waals surface area contributed by atoms with Gasteiger partial charge in [-0.3, -0.25) is 10.2 Å². The lowest BCUT2D eigenvalue weighted by Gasteiger charge is -2.33. The predicted molar refractivity (Wildman–Crippen MR) is 182 cm³/mol. The maximum absolute atomic E-state index is 13.3. The molecular formula is C39H33NO6S. The van der Waals surface area contributed by atoms with Gasteiger partial charge in [-0.05, 0) is 83.3 Å². The van der Waals surface area contributed by atoms with Gasteiger partial charge in [-0.2, -0.15) is 8.42 Å². The molecule has 1 aliphatic carbocycles. The van der Waals surface area contributed by atoms with Crippen LogP contribution in [0.2, 0.25) is 0 Å². The molecule has 3 N–H and O–H groups in total. The molecule has 236 valence electrons. The molecule has 0 atom stereocenters. The summed E-state index contributed by atoms with van der Waals surface area (Å²) in [5.74, 6) is -0.0372. The molecule has 0 aliphatic heterocycles. The average Bonchev–Trinajstić information content (AvgIpc) is 3.06. The van der Waals surface area contributed by atoms with Crippen LogP contribution in [0.3, 0.4) is 0 Å². The number of carbonyl (C=O) groups is 1. The monoisotopic (exact) mass is 643 g/mol. The first-order valence-corrected chi connectivity index (χ1v) is 16.4. The van der Waals surface area contributed by atoms with Gasteiger partial charge in [0.15, 0.2) is 0 Å². The maximum atomic E-state index is 13.3. The molecule has 0 saturated heterocycles. The number of Topliss-reactive ketones (excluding diaryl/α,β-unsaturated/α-hetero) is 1. The van der Waals surface area contributed by atoms with E-state index in [0.29, 0.717) is 0 Å². The van der Waals surface area contributed by atoms with Crippen LogP contribution in [0.1, 0.15) is 64.5 Å². The molecule has 0 amide bonds. The first kappa shape index (κ1) is 31.5. The highest BCUT2D eigenvalue weighted by atomic mass is 32.2. The molecule has 8 heteroatoms. The van der Waals surface area contributed by atoms with Crippen LogP contribution in [-0.4, -0.2) is 30.1 Å². The second-order valence-corrected chi connectivity index (χ2v) is 13.8. The molecule has 0 fully saturated rings. The summed E-state index contributed by atoms with van der Waals surface area (Å²) in [6.07, 6.45) is 2.73. The molecule has 0 unspecified atom stereocenters. The Bertz CT molecular complexity index is 2080. The minimum atomic E-state index is -4.27. The average molecular weight is 644 g/mol. The second kappa shape index (κ2) is 11.7. The SMILES string of the molecule is CC(C)(c1ccc(OS(=O)(=O)c2cccc3c2C=CC(=N)C3=O)cc1)c1ccc(C(C)(c2ccc(O)cc2)c2ccc(O)cc2)cc1. The normalized spacial score (nSPS) is 13.3. The Labute approximate surface area is 274 Å². The van der Waals surface area contributed by atoms with E-state index < -0.39 is 26.7 Å². The molecule has 47 heavy (non-hydrogen) atoms. The van der Waals surface area contributed by atoms with Crippen LogP contribution in [0.5, 0.6) is 17.2 Å². The van der Waals surface area contributed by atoms with E-state index in [-0.39, 0.29) is 39.0 Å². The Hall–Kier alpha value is -5.47. The summed E-state index contributed by atoms with van der Waals surface area (Å²) < 4.78 is 32.0. The highest BCUT2D eigenvalue weighted by Gasteiger charge is 2.33. The molecule has 6 rings (SSSR count). The number of ketones is 1. The number of phenolic OH excluding ortho intramolecular Hbond substituents is 2. The largest absolute Gasteiger partial charge is 0.508 e. The van der Waals surface area contributed by atoms with Crippen molar-refractivity contribution in [3.8, 4) is 17.2 Å². The lowest BCUT2D eigenvalue weighted by Crippen LogP contribution is -2.26. The number of aromatic hydroxyl groups is 2. The van der Waals surface area contributed by atoms with Gasteiger partial charge in [0.05, 0.1) is 0 Å². The molecule has 7 nitrogen and oxygen atoms in total. The first-order chi connectivity index (χ1) is 22.3. The zero-order chi connectivity index (χ0) is 33.6. The third kappa shape index (κ3) is 5.72. The summed E-state index contributed by atoms with van der Waals surface area (Å²) in [6.45, 7) is 6.29. The molecule has 0 spiro atoms. The fourth-order valence-electron chi connectivity index (χ4n) is 6.09. The van der Waals surface area contributed by atoms with E-state index in [4.69, 9.17) is 9.59 Å². The number of benzene rings is 5. The van der Waals surface area contributed by atoms with Crippen LogP contribution in [-0.2, 0) is 20.9 Å². The van der Waals surface area contributed by atoms with Crippen molar-refractivity contribution in [3.63, 3.8) is 0 Å². The minimum Gasteiger partial charge on any atom is -0.508 e. The van der Waals surface area contributed by atoms with E-state index in [1.807, 2.05) is 36.4 Å². The molecule has 0 aromatic heterocycles. The van der Waals surface area contributed by atoms with E-state index in [0.717, 1.165) is 27.8 Å². The van der Waals surface area contributed by atoms with Crippen molar-refractivity contribution in [2.75, 3.05) is 0 Å². The van der Waals surface area contributed by atoms with Gasteiger partial charge in [0, 0.05) is 22.0 Å². The van der Waals surface area contributed by atoms with E-state index in [1.54, 1.807) is 36.4 Å². The van der Waals surface area contributed by atoms with Gasteiger partial charge in [-0.1, -0.05) is 92.7 Å². The van der Waals surface area contributed by atoms with Gasteiger partial charge < -0.3 is 14.4 Å². The van der Waals surface area contributed by atoms with Crippen molar-refractivity contribution in [2.24, 2.45) is 0 Å². The topological polar surface area (TPSA) is 125 Å². The molecule has 0 saturated carbocycles. The zero-order valence-electron chi connectivity index (χ0n) is 26.1. The summed E-state index contributed by atoms with van der Waals surface area (Å²) in [5.41, 5.74) is 4.11. The number of fused-ring (bicyclic) bond motifs is 1. The van der Waals surface area contributed by atoms with E-state index >= 15 is 0 Å². The smallest absolute Gasteiger partial charge is 0.339 e. The van der Waals surface area contributed by atoms with Gasteiger partial charge in [-0.25, -0.2) is 0 Å². The number of nitrogens with one attached hydrogen (secondary N) is 1. The maximum Gasteiger partial charge on any atom is 0.339 e. The van der Waals surface area contributed by atoms with Crippen LogP contribution < -0.4 is 4.18 Å². The van der Waals surface area contributed by atoms with Crippen LogP contribution in [0.4, 0.5) is 0 Å². The Morgan fingerprint density at radius 2 is 1.06 bits per heavy atom. The third-order valence-corrected chi connectivity index (χ3v) is 10.4. The van der Waals surface area contributed by atoms with Crippen molar-refractivity contribution < 1.29 is 27.6 Å². The summed E-state index contributed by atoms with van der Waals surface area (Å²) in [6, 6.07) is 33.9. The van der Waals surface area contributed by atoms with Crippen LogP contribution in [0, 0.1) is 5.41 Å². The molecular weight excluding hydrogens is 610 g/mol. The van der Waals surface area contributed by atoms with Crippen molar-refractivity contribution in [2.45, 2.75) is 36.5 Å². The molecule has 0 radical (unpaired) electrons. The Kier molecular flexibility index (Phi) is 7.85.